The van der Waals surface area contributed by atoms with Crippen molar-refractivity contribution in [3.63, 3.8) is 0 Å². The predicted molar refractivity (Wildman–Crippen MR) is 340 cm³/mol. The number of nitrogens with zero attached hydrogens (tertiary/aromatic N) is 5. The van der Waals surface area contributed by atoms with E-state index in [0.717, 1.165) is 53.9 Å². The number of amides is 7. The SMILES string of the molecule is COC1(C2CCCC2)CCN(c2ccc(-c3nnc(-c4ccc(C(=O)NC5C[C@@H](O)CNC(=O)[C@@H]6[C@@H](O)[C@@H](C)CN6C(=O)[C@H]([C@H](O)CCN)NC(=O)[C@H]([C@H](O)Cc6ccc(O)c(OCCCN)c6)NC(=O)[C@@H]6C[C@@H](O)CN6C(=O)[C@H]([C@@H](C)O)NC5=O)cc4)s3)cc2)CC1. The average molecular weight is 1310 g/mol. The van der Waals surface area contributed by atoms with E-state index in [4.69, 9.17) is 20.9 Å². The number of nitrogens with one attached hydrogen (secondary N) is 5. The van der Waals surface area contributed by atoms with Gasteiger partial charge >= 0.3 is 0 Å². The lowest BCUT2D eigenvalue weighted by atomic mass is 9.78. The maximum atomic E-state index is 14.8. The number of anilines is 1. The number of aliphatic hydroxyl groups excluding tert-OH is 6. The summed E-state index contributed by atoms with van der Waals surface area (Å²) in [6.07, 6.45) is -4.47. The Balaban J connectivity index is 0.956. The molecule has 16 N–H and O–H groups in total. The van der Waals surface area contributed by atoms with Crippen LogP contribution in [0.5, 0.6) is 11.5 Å². The quantitative estimate of drug-likeness (QED) is 0.0519. The molecule has 9 rings (SSSR count). The Morgan fingerprint density at radius 2 is 1.40 bits per heavy atom. The number of carbonyl (C=O) groups excluding carboxylic acids is 7. The van der Waals surface area contributed by atoms with Crippen LogP contribution in [0.2, 0.25) is 0 Å². The van der Waals surface area contributed by atoms with Gasteiger partial charge in [0.25, 0.3) is 5.91 Å². The summed E-state index contributed by atoms with van der Waals surface area (Å²) < 4.78 is 11.8. The fraction of sp³-hybridized carbons (Fsp3) is 0.578. The molecule has 93 heavy (non-hydrogen) atoms. The van der Waals surface area contributed by atoms with Crippen LogP contribution in [0.25, 0.3) is 21.1 Å². The van der Waals surface area contributed by atoms with Gasteiger partial charge in [-0.05, 0) is 119 Å². The molecule has 0 bridgehead atoms. The number of phenols is 1. The second-order valence-electron chi connectivity index (χ2n) is 25.1. The molecule has 4 aliphatic heterocycles. The minimum atomic E-state index is -2.04. The van der Waals surface area contributed by atoms with Gasteiger partial charge in [-0.3, -0.25) is 33.6 Å². The summed E-state index contributed by atoms with van der Waals surface area (Å²) in [5.41, 5.74) is 14.3. The maximum absolute atomic E-state index is 14.8. The number of ether oxygens (including phenoxy) is 2. The molecule has 7 amide bonds. The van der Waals surface area contributed by atoms with Crippen molar-refractivity contribution in [3.8, 4) is 32.6 Å². The van der Waals surface area contributed by atoms with Crippen LogP contribution in [0.3, 0.4) is 0 Å². The molecule has 28 nitrogen and oxygen atoms in total. The average Bonchev–Trinajstić information content (AvgIpc) is 1.79. The number of methoxy groups -OCH3 is 1. The van der Waals surface area contributed by atoms with Crippen LogP contribution >= 0.6 is 11.3 Å². The van der Waals surface area contributed by atoms with E-state index in [1.807, 2.05) is 19.2 Å². The number of piperidine rings is 1. The van der Waals surface area contributed by atoms with E-state index in [1.165, 1.54) is 67.4 Å². The first kappa shape index (κ1) is 69.9. The third-order valence-corrected chi connectivity index (χ3v) is 19.7. The molecule has 1 aliphatic carbocycles. The lowest BCUT2D eigenvalue weighted by molar-refractivity contribution is -0.147. The number of β-amino-alcohol motifs (C(OH)–C–C–N with tert-alkyl or cyclic N) is 1. The molecule has 5 aliphatic rings. The Bertz CT molecular complexity index is 3260. The molecule has 1 saturated carbocycles. The summed E-state index contributed by atoms with van der Waals surface area (Å²) >= 11 is 1.35. The normalized spacial score (nSPS) is 27.2. The Kier molecular flexibility index (Phi) is 23.4. The topological polar surface area (TPSA) is 427 Å². The number of carbonyl (C=O) groups is 7. The predicted octanol–water partition coefficient (Wildman–Crippen LogP) is -1.22. The van der Waals surface area contributed by atoms with Gasteiger partial charge in [-0.2, -0.15) is 0 Å². The van der Waals surface area contributed by atoms with E-state index >= 15 is 0 Å². The van der Waals surface area contributed by atoms with Crippen molar-refractivity contribution in [1.82, 2.24) is 46.6 Å². The zero-order chi connectivity index (χ0) is 66.8. The molecule has 1 aromatic heterocycles. The second-order valence-corrected chi connectivity index (χ2v) is 26.1. The number of aliphatic hydroxyl groups is 6. The molecule has 1 unspecified atom stereocenters. The number of aromatic nitrogens is 2. The molecule has 4 saturated heterocycles. The van der Waals surface area contributed by atoms with Gasteiger partial charge in [-0.25, -0.2) is 0 Å². The number of nitrogens with two attached hydrogens (primary N) is 2. The Hall–Kier alpha value is -7.45. The van der Waals surface area contributed by atoms with E-state index in [1.54, 1.807) is 19.1 Å². The molecule has 0 radical (unpaired) electrons. The fourth-order valence-electron chi connectivity index (χ4n) is 13.3. The molecule has 3 aromatic carbocycles. The Morgan fingerprint density at radius 3 is 2.03 bits per heavy atom. The van der Waals surface area contributed by atoms with Crippen molar-refractivity contribution in [2.24, 2.45) is 23.3 Å². The smallest absolute Gasteiger partial charge is 0.251 e. The Labute approximate surface area is 542 Å². The highest BCUT2D eigenvalue weighted by Gasteiger charge is 2.50. The largest absolute Gasteiger partial charge is 0.504 e. The van der Waals surface area contributed by atoms with Gasteiger partial charge in [-0.1, -0.05) is 49.3 Å². The minimum absolute atomic E-state index is 0.00536. The number of benzene rings is 3. The van der Waals surface area contributed by atoms with Crippen LogP contribution < -0.4 is 47.7 Å². The second kappa shape index (κ2) is 31.2. The lowest BCUT2D eigenvalue weighted by Crippen LogP contribution is -2.64. The highest BCUT2D eigenvalue weighted by molar-refractivity contribution is 7.17. The van der Waals surface area contributed by atoms with Crippen molar-refractivity contribution in [2.75, 3.05) is 64.4 Å². The first-order chi connectivity index (χ1) is 44.5. The van der Waals surface area contributed by atoms with Crippen molar-refractivity contribution < 1.29 is 78.8 Å². The molecule has 5 fully saturated rings. The summed E-state index contributed by atoms with van der Waals surface area (Å²) in [6, 6.07) is 7.56. The zero-order valence-electron chi connectivity index (χ0n) is 52.5. The molecule has 4 aromatic rings. The number of fused-ring (bicyclic) bond motifs is 2. The summed E-state index contributed by atoms with van der Waals surface area (Å²) in [6.45, 7) is 3.22. The highest BCUT2D eigenvalue weighted by atomic mass is 32.1. The summed E-state index contributed by atoms with van der Waals surface area (Å²) in [5, 5.41) is 102. The third kappa shape index (κ3) is 16.4. The highest BCUT2D eigenvalue weighted by Crippen LogP contribution is 2.43. The molecule has 5 heterocycles. The van der Waals surface area contributed by atoms with Crippen LogP contribution in [0, 0.1) is 11.8 Å². The van der Waals surface area contributed by atoms with Gasteiger partial charge in [-0.15, -0.1) is 10.2 Å². The van der Waals surface area contributed by atoms with Gasteiger partial charge in [0.1, 0.15) is 46.3 Å². The van der Waals surface area contributed by atoms with E-state index in [0.29, 0.717) is 27.9 Å². The number of aromatic hydroxyl groups is 1. The van der Waals surface area contributed by atoms with E-state index in [-0.39, 0.29) is 60.9 Å². The van der Waals surface area contributed by atoms with E-state index < -0.39 is 152 Å². The van der Waals surface area contributed by atoms with Crippen molar-refractivity contribution >= 4 is 58.4 Å². The van der Waals surface area contributed by atoms with Crippen LogP contribution in [0.1, 0.15) is 94.0 Å². The first-order valence-corrected chi connectivity index (χ1v) is 32.7. The molecular formula is C64H88N12O16S. The summed E-state index contributed by atoms with van der Waals surface area (Å²) in [5.74, 6) is -7.94. The molecule has 506 valence electrons. The number of hydrogen-bond acceptors (Lipinski definition) is 22. The number of phenolic OH excluding ortho intramolecular Hbond substituents is 1. The van der Waals surface area contributed by atoms with E-state index in [9.17, 15) is 69.3 Å². The number of hydrogen-bond donors (Lipinski definition) is 14. The van der Waals surface area contributed by atoms with Crippen LogP contribution in [0.15, 0.2) is 66.7 Å². The van der Waals surface area contributed by atoms with Gasteiger partial charge in [0.2, 0.25) is 35.4 Å². The van der Waals surface area contributed by atoms with Crippen LogP contribution in [-0.4, -0.2) is 235 Å². The van der Waals surface area contributed by atoms with Crippen molar-refractivity contribution in [1.29, 1.82) is 0 Å². The summed E-state index contributed by atoms with van der Waals surface area (Å²) in [4.78, 5) is 106. The van der Waals surface area contributed by atoms with Crippen molar-refractivity contribution in [2.45, 2.75) is 163 Å². The fourth-order valence-corrected chi connectivity index (χ4v) is 14.2. The summed E-state index contributed by atoms with van der Waals surface area (Å²) in [7, 11) is 1.85. The third-order valence-electron chi connectivity index (χ3n) is 18.7. The van der Waals surface area contributed by atoms with Gasteiger partial charge in [0.05, 0.1) is 48.8 Å². The van der Waals surface area contributed by atoms with Crippen LogP contribution in [0.4, 0.5) is 5.69 Å². The zero-order valence-corrected chi connectivity index (χ0v) is 53.3. The lowest BCUT2D eigenvalue weighted by Gasteiger charge is -2.45. The Morgan fingerprint density at radius 1 is 0.763 bits per heavy atom. The van der Waals surface area contributed by atoms with Crippen molar-refractivity contribution in [3.05, 3.63) is 77.9 Å². The maximum Gasteiger partial charge on any atom is 0.251 e. The molecule has 29 heteroatoms. The van der Waals surface area contributed by atoms with Crippen LogP contribution in [-0.2, 0) is 39.9 Å². The first-order valence-electron chi connectivity index (χ1n) is 31.9. The molecular weight excluding hydrogens is 1220 g/mol. The monoisotopic (exact) mass is 1310 g/mol. The standard InChI is InChI=1S/C64H88N12O16S/c1-34-32-76-53(54(34)83)59(88)67-31-42(78)29-44(68-55(84)37-10-12-38(13-11-37)60-72-73-61(93-60)39-14-16-41(17-15-39)74-24-20-64(91-3,21-25-74)40-7-4-5-8-40)56(85)69-50(35(2)77)62(89)75-33-43(79)30-45(75)57(86)70-51(58(87)71-52(63(76)90)47(81)19-23-66)48(82)27-36-9-18-46(80)49(28-36)92-26-6-22-65/h9-18,28,34-35,40,42-45,47-48,50-54,77-83H,4-8,19-27,29-33,65-66H2,1-3H3,(H,67,88)(H,68,84)(H,69,85)(H,70,86)(H,71,87)/t34-,35+,42+,43+,44?,45-,47+,48+,50-,51-,52-,53-,54-/m0/s1. The number of rotatable bonds is 18. The van der Waals surface area contributed by atoms with Gasteiger partial charge < -0.3 is 98.0 Å². The van der Waals surface area contributed by atoms with Gasteiger partial charge in [0.15, 0.2) is 11.5 Å². The van der Waals surface area contributed by atoms with Gasteiger partial charge in [0, 0.05) is 87.4 Å². The minimum Gasteiger partial charge on any atom is -0.504 e. The molecule has 13 atom stereocenters. The molecule has 0 spiro atoms. The van der Waals surface area contributed by atoms with E-state index in [2.05, 4.69) is 53.8 Å².